The first kappa shape index (κ1) is 10.9. The molecule has 0 N–H and O–H groups in total. The van der Waals surface area contributed by atoms with Crippen molar-refractivity contribution in [2.75, 3.05) is 4.90 Å². The first-order valence-electron chi connectivity index (χ1n) is 5.53. The topological polar surface area (TPSA) is 20.3 Å². The van der Waals surface area contributed by atoms with E-state index in [0.29, 0.717) is 5.69 Å². The minimum atomic E-state index is -0.736. The number of carbonyl (C=O) groups is 1. The molecule has 1 amide bonds. The second-order valence-corrected chi connectivity index (χ2v) is 4.10. The van der Waals surface area contributed by atoms with Gasteiger partial charge in [-0.2, -0.15) is 0 Å². The van der Waals surface area contributed by atoms with E-state index >= 15 is 0 Å². The van der Waals surface area contributed by atoms with Gasteiger partial charge in [0, 0.05) is 0 Å². The van der Waals surface area contributed by atoms with Crippen molar-refractivity contribution in [3.05, 3.63) is 59.7 Å². The van der Waals surface area contributed by atoms with E-state index in [9.17, 15) is 13.6 Å². The molecule has 2 nitrogen and oxygen atoms in total. The van der Waals surface area contributed by atoms with Crippen molar-refractivity contribution in [1.82, 2.24) is 0 Å². The Morgan fingerprint density at radius 2 is 1.61 bits per heavy atom. The third kappa shape index (κ3) is 1.49. The molecule has 0 saturated heterocycles. The summed E-state index contributed by atoms with van der Waals surface area (Å²) in [6, 6.07) is 10.6. The Morgan fingerprint density at radius 3 is 2.33 bits per heavy atom. The van der Waals surface area contributed by atoms with Crippen molar-refractivity contribution in [3.8, 4) is 0 Å². The Hall–Kier alpha value is -2.23. The summed E-state index contributed by atoms with van der Waals surface area (Å²) in [5.74, 6) is -1.79. The van der Waals surface area contributed by atoms with Crippen LogP contribution in [0.5, 0.6) is 0 Å². The molecule has 4 heteroatoms. The fraction of sp³-hybridized carbons (Fsp3) is 0.0714. The number of halogens is 2. The Morgan fingerprint density at radius 1 is 0.944 bits per heavy atom. The number of hydrogen-bond acceptors (Lipinski definition) is 1. The zero-order valence-corrected chi connectivity index (χ0v) is 9.36. The van der Waals surface area contributed by atoms with Crippen molar-refractivity contribution in [1.29, 1.82) is 0 Å². The van der Waals surface area contributed by atoms with E-state index in [-0.39, 0.29) is 18.0 Å². The fourth-order valence-electron chi connectivity index (χ4n) is 2.20. The molecule has 0 fully saturated rings. The maximum atomic E-state index is 13.7. The van der Waals surface area contributed by atoms with E-state index in [1.54, 1.807) is 24.3 Å². The molecular formula is C14H9F2NO. The van der Waals surface area contributed by atoms with Crippen LogP contribution in [0.4, 0.5) is 20.2 Å². The molecule has 2 aromatic rings. The summed E-state index contributed by atoms with van der Waals surface area (Å²) >= 11 is 0. The van der Waals surface area contributed by atoms with Crippen LogP contribution in [0.1, 0.15) is 5.56 Å². The third-order valence-corrected chi connectivity index (χ3v) is 2.98. The standard InChI is InChI=1S/C14H9F2NO/c15-10-5-3-6-11(16)14(10)17-12-7-2-1-4-9(12)8-13(17)18/h1-7H,8H2. The molecule has 0 aromatic heterocycles. The van der Waals surface area contributed by atoms with Gasteiger partial charge in [-0.25, -0.2) is 8.78 Å². The van der Waals surface area contributed by atoms with Gasteiger partial charge in [0.15, 0.2) is 0 Å². The molecule has 0 saturated carbocycles. The second-order valence-electron chi connectivity index (χ2n) is 4.10. The van der Waals surface area contributed by atoms with E-state index in [1.807, 2.05) is 0 Å². The van der Waals surface area contributed by atoms with Gasteiger partial charge >= 0.3 is 0 Å². The van der Waals surface area contributed by atoms with Gasteiger partial charge in [0.2, 0.25) is 5.91 Å². The largest absolute Gasteiger partial charge is 0.275 e. The van der Waals surface area contributed by atoms with Gasteiger partial charge in [0.1, 0.15) is 17.3 Å². The van der Waals surface area contributed by atoms with Gasteiger partial charge in [-0.1, -0.05) is 24.3 Å². The van der Waals surface area contributed by atoms with Crippen molar-refractivity contribution in [2.45, 2.75) is 6.42 Å². The van der Waals surface area contributed by atoms with Gasteiger partial charge in [-0.3, -0.25) is 9.69 Å². The molecule has 0 spiro atoms. The fourth-order valence-corrected chi connectivity index (χ4v) is 2.20. The summed E-state index contributed by atoms with van der Waals surface area (Å²) in [5, 5.41) is 0. The normalized spacial score (nSPS) is 13.9. The molecule has 0 radical (unpaired) electrons. The summed E-state index contributed by atoms with van der Waals surface area (Å²) in [4.78, 5) is 13.0. The van der Waals surface area contributed by atoms with E-state index in [0.717, 1.165) is 22.6 Å². The number of hydrogen-bond donors (Lipinski definition) is 0. The van der Waals surface area contributed by atoms with Crippen LogP contribution in [0.3, 0.4) is 0 Å². The Labute approximate surface area is 102 Å². The number of anilines is 2. The molecule has 0 bridgehead atoms. The van der Waals surface area contributed by atoms with Gasteiger partial charge in [0.05, 0.1) is 12.1 Å². The zero-order valence-electron chi connectivity index (χ0n) is 9.36. The van der Waals surface area contributed by atoms with Crippen molar-refractivity contribution >= 4 is 17.3 Å². The minimum absolute atomic E-state index is 0.171. The molecule has 1 heterocycles. The second kappa shape index (κ2) is 3.91. The van der Waals surface area contributed by atoms with Crippen LogP contribution >= 0.6 is 0 Å². The van der Waals surface area contributed by atoms with E-state index in [1.165, 1.54) is 6.07 Å². The average Bonchev–Trinajstić information content (AvgIpc) is 2.66. The summed E-state index contributed by atoms with van der Waals surface area (Å²) < 4.78 is 27.5. The van der Waals surface area contributed by atoms with E-state index in [2.05, 4.69) is 0 Å². The number of amides is 1. The van der Waals surface area contributed by atoms with Crippen molar-refractivity contribution in [2.24, 2.45) is 0 Å². The molecule has 2 aromatic carbocycles. The Kier molecular flexibility index (Phi) is 2.37. The maximum Gasteiger partial charge on any atom is 0.236 e. The molecule has 1 aliphatic heterocycles. The number of nitrogens with zero attached hydrogens (tertiary/aromatic N) is 1. The lowest BCUT2D eigenvalue weighted by Crippen LogP contribution is -2.23. The van der Waals surface area contributed by atoms with Crippen LogP contribution < -0.4 is 4.90 Å². The smallest absolute Gasteiger partial charge is 0.236 e. The monoisotopic (exact) mass is 245 g/mol. The van der Waals surface area contributed by atoms with Gasteiger partial charge in [-0.05, 0) is 23.8 Å². The van der Waals surface area contributed by atoms with Crippen molar-refractivity contribution in [3.63, 3.8) is 0 Å². The van der Waals surface area contributed by atoms with E-state index < -0.39 is 11.6 Å². The Bertz CT molecular complexity index is 619. The molecule has 90 valence electrons. The molecule has 0 aliphatic carbocycles. The van der Waals surface area contributed by atoms with Gasteiger partial charge in [-0.15, -0.1) is 0 Å². The summed E-state index contributed by atoms with van der Waals surface area (Å²) in [6.45, 7) is 0. The predicted molar refractivity (Wildman–Crippen MR) is 63.7 cm³/mol. The van der Waals surface area contributed by atoms with Gasteiger partial charge < -0.3 is 0 Å². The molecule has 0 atom stereocenters. The SMILES string of the molecule is O=C1Cc2ccccc2N1c1c(F)cccc1F. The summed E-state index contributed by atoms with van der Waals surface area (Å²) in [6.07, 6.45) is 0.171. The number of benzene rings is 2. The third-order valence-electron chi connectivity index (χ3n) is 2.98. The predicted octanol–water partition coefficient (Wildman–Crippen LogP) is 3.19. The Balaban J connectivity index is 2.21. The molecule has 0 unspecified atom stereocenters. The lowest BCUT2D eigenvalue weighted by Gasteiger charge is -2.18. The lowest BCUT2D eigenvalue weighted by atomic mass is 10.2. The molecule has 3 rings (SSSR count). The molecular weight excluding hydrogens is 236 g/mol. The molecule has 18 heavy (non-hydrogen) atoms. The number of rotatable bonds is 1. The summed E-state index contributed by atoms with van der Waals surface area (Å²) in [7, 11) is 0. The first-order valence-corrected chi connectivity index (χ1v) is 5.53. The van der Waals surface area contributed by atoms with Crippen LogP contribution in [-0.4, -0.2) is 5.91 Å². The number of fused-ring (bicyclic) bond motifs is 1. The van der Waals surface area contributed by atoms with Crippen LogP contribution in [0.2, 0.25) is 0 Å². The van der Waals surface area contributed by atoms with E-state index in [4.69, 9.17) is 0 Å². The van der Waals surface area contributed by atoms with Crippen molar-refractivity contribution < 1.29 is 13.6 Å². The lowest BCUT2D eigenvalue weighted by molar-refractivity contribution is -0.116. The van der Waals surface area contributed by atoms with Crippen LogP contribution in [0, 0.1) is 11.6 Å². The van der Waals surface area contributed by atoms with Crippen LogP contribution in [0.15, 0.2) is 42.5 Å². The van der Waals surface area contributed by atoms with Gasteiger partial charge in [0.25, 0.3) is 0 Å². The maximum absolute atomic E-state index is 13.7. The average molecular weight is 245 g/mol. The highest BCUT2D eigenvalue weighted by atomic mass is 19.1. The number of para-hydroxylation sites is 2. The van der Waals surface area contributed by atoms with Crippen LogP contribution in [-0.2, 0) is 11.2 Å². The highest BCUT2D eigenvalue weighted by Crippen LogP contribution is 2.37. The zero-order chi connectivity index (χ0) is 12.7. The quantitative estimate of drug-likeness (QED) is 0.755. The highest BCUT2D eigenvalue weighted by molar-refractivity contribution is 6.07. The molecule has 1 aliphatic rings. The minimum Gasteiger partial charge on any atom is -0.275 e. The first-order chi connectivity index (χ1) is 8.68. The highest BCUT2D eigenvalue weighted by Gasteiger charge is 2.31. The number of carbonyl (C=O) groups excluding carboxylic acids is 1. The van der Waals surface area contributed by atoms with Crippen LogP contribution in [0.25, 0.3) is 0 Å². The summed E-state index contributed by atoms with van der Waals surface area (Å²) in [5.41, 5.74) is 1.03.